The first-order chi connectivity index (χ1) is 9.17. The van der Waals surface area contributed by atoms with Gasteiger partial charge in [0.05, 0.1) is 16.6 Å². The summed E-state index contributed by atoms with van der Waals surface area (Å²) in [5.41, 5.74) is 1.97. The zero-order valence-corrected chi connectivity index (χ0v) is 13.3. The Morgan fingerprint density at radius 3 is 2.74 bits per heavy atom. The van der Waals surface area contributed by atoms with Gasteiger partial charge < -0.3 is 9.72 Å². The third-order valence-corrected chi connectivity index (χ3v) is 4.14. The van der Waals surface area contributed by atoms with Crippen LogP contribution in [-0.4, -0.2) is 16.6 Å². The molecular formula is C14H15BrN2OS. The molecular weight excluding hydrogens is 324 g/mol. The Morgan fingerprint density at radius 1 is 1.32 bits per heavy atom. The van der Waals surface area contributed by atoms with Crippen LogP contribution >= 0.6 is 28.1 Å². The average molecular weight is 339 g/mol. The number of hydrogen-bond acceptors (Lipinski definition) is 3. The second-order valence-corrected chi connectivity index (χ2v) is 5.15. The number of nitrogens with zero attached hydrogens (tertiary/aromatic N) is 1. The van der Waals surface area contributed by atoms with Crippen molar-refractivity contribution >= 4 is 28.1 Å². The molecule has 0 spiro atoms. The minimum Gasteiger partial charge on any atom is -0.493 e. The van der Waals surface area contributed by atoms with Gasteiger partial charge in [-0.2, -0.15) is 0 Å². The zero-order valence-electron chi connectivity index (χ0n) is 10.9. The average Bonchev–Trinajstić information content (AvgIpc) is 2.43. The number of para-hydroxylation sites is 1. The first-order valence-corrected chi connectivity index (χ1v) is 7.38. The standard InChI is InChI=1S/C14H15BrN2OS/c1-3-10-12(15)14(19)17-13(16-10)9-7-5-6-8-11(9)18-4-2/h5-8H,3-4H2,1-2H3,(H,16,17,19). The molecule has 3 nitrogen and oxygen atoms in total. The molecule has 0 unspecified atom stereocenters. The van der Waals surface area contributed by atoms with E-state index in [0.717, 1.165) is 33.7 Å². The molecule has 19 heavy (non-hydrogen) atoms. The summed E-state index contributed by atoms with van der Waals surface area (Å²) in [6.07, 6.45) is 0.858. The number of rotatable bonds is 4. The van der Waals surface area contributed by atoms with Crippen molar-refractivity contribution in [3.63, 3.8) is 0 Å². The van der Waals surface area contributed by atoms with Crippen LogP contribution in [-0.2, 0) is 6.42 Å². The number of halogens is 1. The van der Waals surface area contributed by atoms with Crippen molar-refractivity contribution in [2.75, 3.05) is 6.61 Å². The number of H-pyrrole nitrogens is 1. The van der Waals surface area contributed by atoms with E-state index in [0.29, 0.717) is 11.2 Å². The van der Waals surface area contributed by atoms with Crippen molar-refractivity contribution in [3.05, 3.63) is 39.1 Å². The van der Waals surface area contributed by atoms with Gasteiger partial charge in [0.2, 0.25) is 0 Å². The third-order valence-electron chi connectivity index (χ3n) is 2.73. The highest BCUT2D eigenvalue weighted by Gasteiger charge is 2.10. The van der Waals surface area contributed by atoms with Gasteiger partial charge in [-0.3, -0.25) is 0 Å². The predicted molar refractivity (Wildman–Crippen MR) is 83.1 cm³/mol. The van der Waals surface area contributed by atoms with Crippen molar-refractivity contribution in [1.29, 1.82) is 0 Å². The molecule has 0 fully saturated rings. The van der Waals surface area contributed by atoms with Gasteiger partial charge in [0.1, 0.15) is 16.2 Å². The molecule has 2 aromatic rings. The van der Waals surface area contributed by atoms with Gasteiger partial charge in [-0.1, -0.05) is 31.3 Å². The summed E-state index contributed by atoms with van der Waals surface area (Å²) in [5.74, 6) is 1.56. The molecule has 0 radical (unpaired) electrons. The number of hydrogen-bond donors (Lipinski definition) is 1. The topological polar surface area (TPSA) is 37.9 Å². The Morgan fingerprint density at radius 2 is 2.05 bits per heavy atom. The van der Waals surface area contributed by atoms with Crippen LogP contribution in [0.5, 0.6) is 5.75 Å². The molecule has 1 aromatic carbocycles. The Bertz CT molecular complexity index is 640. The summed E-state index contributed by atoms with van der Waals surface area (Å²) in [6, 6.07) is 7.82. The Labute approximate surface area is 126 Å². The van der Waals surface area contributed by atoms with Crippen molar-refractivity contribution < 1.29 is 4.74 Å². The van der Waals surface area contributed by atoms with E-state index in [9.17, 15) is 0 Å². The summed E-state index contributed by atoms with van der Waals surface area (Å²) in [5, 5.41) is 0. The van der Waals surface area contributed by atoms with Gasteiger partial charge in [0, 0.05) is 5.69 Å². The van der Waals surface area contributed by atoms with Gasteiger partial charge in [-0.05, 0) is 41.4 Å². The lowest BCUT2D eigenvalue weighted by atomic mass is 10.2. The van der Waals surface area contributed by atoms with E-state index in [1.807, 2.05) is 31.2 Å². The second-order valence-electron chi connectivity index (χ2n) is 3.97. The monoisotopic (exact) mass is 338 g/mol. The fraction of sp³-hybridized carbons (Fsp3) is 0.286. The molecule has 1 heterocycles. The first-order valence-electron chi connectivity index (χ1n) is 6.18. The van der Waals surface area contributed by atoms with E-state index in [1.165, 1.54) is 0 Å². The van der Waals surface area contributed by atoms with Crippen LogP contribution in [0.25, 0.3) is 11.4 Å². The highest BCUT2D eigenvalue weighted by atomic mass is 79.9. The minimum absolute atomic E-state index is 0.567. The number of ether oxygens (including phenoxy) is 1. The summed E-state index contributed by atoms with van der Waals surface area (Å²) in [6.45, 7) is 4.66. The molecule has 1 N–H and O–H groups in total. The normalized spacial score (nSPS) is 10.5. The lowest BCUT2D eigenvalue weighted by molar-refractivity contribution is 0.341. The summed E-state index contributed by atoms with van der Waals surface area (Å²) < 4.78 is 7.06. The third kappa shape index (κ3) is 3.04. The Balaban J connectivity index is 2.59. The maximum Gasteiger partial charge on any atom is 0.144 e. The lowest BCUT2D eigenvalue weighted by Gasteiger charge is -2.11. The van der Waals surface area contributed by atoms with E-state index >= 15 is 0 Å². The molecule has 0 saturated heterocycles. The summed E-state index contributed by atoms with van der Waals surface area (Å²) >= 11 is 8.75. The van der Waals surface area contributed by atoms with Crippen LogP contribution < -0.4 is 4.74 Å². The molecule has 0 saturated carbocycles. The molecule has 2 rings (SSSR count). The van der Waals surface area contributed by atoms with Gasteiger partial charge in [-0.15, -0.1) is 0 Å². The molecule has 0 atom stereocenters. The number of aromatic amines is 1. The molecule has 5 heteroatoms. The van der Waals surface area contributed by atoms with Crippen LogP contribution in [0.1, 0.15) is 19.5 Å². The Hall–Kier alpha value is -1.20. The van der Waals surface area contributed by atoms with Gasteiger partial charge in [0.15, 0.2) is 0 Å². The molecule has 0 aliphatic rings. The number of aryl methyl sites for hydroxylation is 1. The van der Waals surface area contributed by atoms with E-state index in [1.54, 1.807) is 0 Å². The summed E-state index contributed by atoms with van der Waals surface area (Å²) in [4.78, 5) is 7.74. The fourth-order valence-electron chi connectivity index (χ4n) is 1.82. The van der Waals surface area contributed by atoms with Crippen LogP contribution in [0.3, 0.4) is 0 Å². The lowest BCUT2D eigenvalue weighted by Crippen LogP contribution is -2.00. The Kier molecular flexibility index (Phi) is 4.71. The van der Waals surface area contributed by atoms with Crippen molar-refractivity contribution in [2.24, 2.45) is 0 Å². The molecule has 0 aliphatic heterocycles. The number of benzene rings is 1. The van der Waals surface area contributed by atoms with Crippen molar-refractivity contribution in [1.82, 2.24) is 9.97 Å². The van der Waals surface area contributed by atoms with Gasteiger partial charge in [0.25, 0.3) is 0 Å². The van der Waals surface area contributed by atoms with Crippen molar-refractivity contribution in [3.8, 4) is 17.1 Å². The van der Waals surface area contributed by atoms with Crippen LogP contribution in [0.4, 0.5) is 0 Å². The highest BCUT2D eigenvalue weighted by molar-refractivity contribution is 9.10. The van der Waals surface area contributed by atoms with E-state index in [-0.39, 0.29) is 0 Å². The van der Waals surface area contributed by atoms with E-state index in [2.05, 4.69) is 32.8 Å². The molecule has 0 amide bonds. The number of aromatic nitrogens is 2. The van der Waals surface area contributed by atoms with Gasteiger partial charge >= 0.3 is 0 Å². The van der Waals surface area contributed by atoms with Crippen molar-refractivity contribution in [2.45, 2.75) is 20.3 Å². The van der Waals surface area contributed by atoms with Crippen LogP contribution in [0.15, 0.2) is 28.7 Å². The molecule has 100 valence electrons. The fourth-order valence-corrected chi connectivity index (χ4v) is 2.50. The van der Waals surface area contributed by atoms with E-state index in [4.69, 9.17) is 17.0 Å². The SMILES string of the molecule is CCOc1ccccc1-c1nc(=S)c(Br)c(CC)[nH]1. The quantitative estimate of drug-likeness (QED) is 0.832. The smallest absolute Gasteiger partial charge is 0.144 e. The molecule has 0 bridgehead atoms. The molecule has 0 aliphatic carbocycles. The maximum atomic E-state index is 5.63. The van der Waals surface area contributed by atoms with E-state index < -0.39 is 0 Å². The number of nitrogens with one attached hydrogen (secondary N) is 1. The maximum absolute atomic E-state index is 5.63. The van der Waals surface area contributed by atoms with Crippen LogP contribution in [0, 0.1) is 4.64 Å². The summed E-state index contributed by atoms with van der Waals surface area (Å²) in [7, 11) is 0. The minimum atomic E-state index is 0.567. The van der Waals surface area contributed by atoms with Crippen LogP contribution in [0.2, 0.25) is 0 Å². The highest BCUT2D eigenvalue weighted by Crippen LogP contribution is 2.29. The second kappa shape index (κ2) is 6.30. The zero-order chi connectivity index (χ0) is 13.8. The largest absolute Gasteiger partial charge is 0.493 e. The first kappa shape index (κ1) is 14.2. The predicted octanol–water partition coefficient (Wildman–Crippen LogP) is 4.53. The molecule has 1 aromatic heterocycles. The van der Waals surface area contributed by atoms with Gasteiger partial charge in [-0.25, -0.2) is 4.98 Å².